The summed E-state index contributed by atoms with van der Waals surface area (Å²) in [6.45, 7) is 0.611. The molecule has 1 aromatic heterocycles. The molecule has 1 fully saturated rings. The summed E-state index contributed by atoms with van der Waals surface area (Å²) < 4.78 is 5.94. The van der Waals surface area contributed by atoms with E-state index < -0.39 is 6.04 Å². The number of amides is 1. The smallest absolute Gasteiger partial charge is 0.328 e. The van der Waals surface area contributed by atoms with Crippen LogP contribution in [0.15, 0.2) is 29.6 Å². The molecular formula is C15H15NO3S. The van der Waals surface area contributed by atoms with Crippen LogP contribution in [0.4, 0.5) is 0 Å². The largest absolute Gasteiger partial charge is 0.467 e. The molecular weight excluding hydrogens is 274 g/mol. The summed E-state index contributed by atoms with van der Waals surface area (Å²) >= 11 is 1.65. The highest BCUT2D eigenvalue weighted by molar-refractivity contribution is 7.17. The Balaban J connectivity index is 1.89. The first kappa shape index (κ1) is 13.1. The number of ether oxygens (including phenoxy) is 1. The van der Waals surface area contributed by atoms with Crippen molar-refractivity contribution in [1.29, 1.82) is 0 Å². The molecule has 1 aromatic carbocycles. The van der Waals surface area contributed by atoms with E-state index in [1.165, 1.54) is 7.11 Å². The number of hydrogen-bond acceptors (Lipinski definition) is 4. The van der Waals surface area contributed by atoms with Gasteiger partial charge in [-0.25, -0.2) is 4.79 Å². The van der Waals surface area contributed by atoms with E-state index in [9.17, 15) is 9.59 Å². The zero-order chi connectivity index (χ0) is 14.1. The Bertz CT molecular complexity index is 664. The van der Waals surface area contributed by atoms with Crippen molar-refractivity contribution in [1.82, 2.24) is 4.90 Å². The molecule has 0 spiro atoms. The van der Waals surface area contributed by atoms with Gasteiger partial charge in [-0.05, 0) is 47.9 Å². The molecule has 2 heterocycles. The lowest BCUT2D eigenvalue weighted by molar-refractivity contribution is -0.145. The molecule has 20 heavy (non-hydrogen) atoms. The molecule has 1 aliphatic rings. The molecule has 2 aromatic rings. The van der Waals surface area contributed by atoms with Gasteiger partial charge in [0.15, 0.2) is 0 Å². The SMILES string of the molecule is COC(=O)C1CCCN1C(=O)c1ccc2sccc2c1. The van der Waals surface area contributed by atoms with E-state index in [2.05, 4.69) is 0 Å². The van der Waals surface area contributed by atoms with Crippen LogP contribution in [0, 0.1) is 0 Å². The average molecular weight is 289 g/mol. The van der Waals surface area contributed by atoms with Gasteiger partial charge in [-0.2, -0.15) is 0 Å². The maximum absolute atomic E-state index is 12.6. The minimum absolute atomic E-state index is 0.0917. The normalized spacial score (nSPS) is 18.4. The quantitative estimate of drug-likeness (QED) is 0.799. The number of carbonyl (C=O) groups is 2. The van der Waals surface area contributed by atoms with Gasteiger partial charge in [0.05, 0.1) is 7.11 Å². The summed E-state index contributed by atoms with van der Waals surface area (Å²) in [5.41, 5.74) is 0.631. The van der Waals surface area contributed by atoms with Crippen molar-refractivity contribution in [3.8, 4) is 0 Å². The lowest BCUT2D eigenvalue weighted by Crippen LogP contribution is -2.41. The minimum atomic E-state index is -0.439. The number of carbonyl (C=O) groups excluding carboxylic acids is 2. The van der Waals surface area contributed by atoms with Gasteiger partial charge >= 0.3 is 5.97 Å². The summed E-state index contributed by atoms with van der Waals surface area (Å²) in [5, 5.41) is 3.07. The van der Waals surface area contributed by atoms with Crippen LogP contribution in [-0.2, 0) is 9.53 Å². The number of nitrogens with zero attached hydrogens (tertiary/aromatic N) is 1. The second-order valence-electron chi connectivity index (χ2n) is 4.85. The molecule has 0 radical (unpaired) electrons. The first-order valence-corrected chi connectivity index (χ1v) is 7.45. The maximum atomic E-state index is 12.6. The topological polar surface area (TPSA) is 46.6 Å². The molecule has 104 valence electrons. The van der Waals surface area contributed by atoms with Crippen LogP contribution in [0.5, 0.6) is 0 Å². The number of rotatable bonds is 2. The van der Waals surface area contributed by atoms with E-state index in [-0.39, 0.29) is 11.9 Å². The van der Waals surface area contributed by atoms with Crippen LogP contribution in [0.3, 0.4) is 0 Å². The van der Waals surface area contributed by atoms with Gasteiger partial charge < -0.3 is 9.64 Å². The first-order valence-electron chi connectivity index (χ1n) is 6.57. The standard InChI is InChI=1S/C15H15NO3S/c1-19-15(18)12-3-2-7-16(12)14(17)11-4-5-13-10(9-11)6-8-20-13/h4-6,8-9,12H,2-3,7H2,1H3. The Morgan fingerprint density at radius 2 is 2.20 bits per heavy atom. The van der Waals surface area contributed by atoms with Crippen molar-refractivity contribution >= 4 is 33.3 Å². The van der Waals surface area contributed by atoms with Crippen LogP contribution in [-0.4, -0.2) is 36.5 Å². The summed E-state index contributed by atoms with van der Waals surface area (Å²) in [6.07, 6.45) is 1.52. The zero-order valence-corrected chi connectivity index (χ0v) is 12.0. The molecule has 0 N–H and O–H groups in total. The highest BCUT2D eigenvalue weighted by atomic mass is 32.1. The third-order valence-corrected chi connectivity index (χ3v) is 4.58. The number of methoxy groups -OCH3 is 1. The molecule has 1 amide bonds. The van der Waals surface area contributed by atoms with E-state index in [1.807, 2.05) is 29.6 Å². The van der Waals surface area contributed by atoms with Gasteiger partial charge in [0.2, 0.25) is 0 Å². The highest BCUT2D eigenvalue weighted by Crippen LogP contribution is 2.25. The van der Waals surface area contributed by atoms with Gasteiger partial charge in [0.1, 0.15) is 6.04 Å². The molecule has 0 bridgehead atoms. The second-order valence-corrected chi connectivity index (χ2v) is 5.80. The van der Waals surface area contributed by atoms with Crippen molar-refractivity contribution in [2.75, 3.05) is 13.7 Å². The van der Waals surface area contributed by atoms with Gasteiger partial charge in [-0.15, -0.1) is 11.3 Å². The van der Waals surface area contributed by atoms with E-state index in [1.54, 1.807) is 16.2 Å². The van der Waals surface area contributed by atoms with Gasteiger partial charge in [0.25, 0.3) is 5.91 Å². The highest BCUT2D eigenvalue weighted by Gasteiger charge is 2.35. The third-order valence-electron chi connectivity index (χ3n) is 3.69. The zero-order valence-electron chi connectivity index (χ0n) is 11.2. The number of likely N-dealkylation sites (tertiary alicyclic amines) is 1. The van der Waals surface area contributed by atoms with Crippen LogP contribution in [0.25, 0.3) is 10.1 Å². The maximum Gasteiger partial charge on any atom is 0.328 e. The van der Waals surface area contributed by atoms with Gasteiger partial charge in [-0.3, -0.25) is 4.79 Å². The third kappa shape index (κ3) is 2.18. The molecule has 1 atom stereocenters. The second kappa shape index (κ2) is 5.25. The summed E-state index contributed by atoms with van der Waals surface area (Å²) in [4.78, 5) is 25.9. The number of fused-ring (bicyclic) bond motifs is 1. The number of thiophene rings is 1. The minimum Gasteiger partial charge on any atom is -0.467 e. The van der Waals surface area contributed by atoms with Crippen molar-refractivity contribution in [2.45, 2.75) is 18.9 Å². The van der Waals surface area contributed by atoms with Crippen LogP contribution >= 0.6 is 11.3 Å². The van der Waals surface area contributed by atoms with E-state index >= 15 is 0 Å². The monoisotopic (exact) mass is 289 g/mol. The van der Waals surface area contributed by atoms with Crippen LogP contribution < -0.4 is 0 Å². The predicted molar refractivity (Wildman–Crippen MR) is 77.9 cm³/mol. The van der Waals surface area contributed by atoms with Crippen molar-refractivity contribution in [2.24, 2.45) is 0 Å². The van der Waals surface area contributed by atoms with Crippen LogP contribution in [0.1, 0.15) is 23.2 Å². The molecule has 1 aliphatic heterocycles. The van der Waals surface area contributed by atoms with Crippen molar-refractivity contribution in [3.05, 3.63) is 35.2 Å². The first-order chi connectivity index (χ1) is 9.70. The van der Waals surface area contributed by atoms with Crippen molar-refractivity contribution in [3.63, 3.8) is 0 Å². The Hall–Kier alpha value is -1.88. The average Bonchev–Trinajstić information content (AvgIpc) is 3.13. The Kier molecular flexibility index (Phi) is 3.44. The van der Waals surface area contributed by atoms with E-state index in [0.717, 1.165) is 16.5 Å². The predicted octanol–water partition coefficient (Wildman–Crippen LogP) is 2.68. The molecule has 1 unspecified atom stereocenters. The summed E-state index contributed by atoms with van der Waals surface area (Å²) in [7, 11) is 1.36. The Morgan fingerprint density at radius 1 is 1.35 bits per heavy atom. The summed E-state index contributed by atoms with van der Waals surface area (Å²) in [5.74, 6) is -0.418. The fourth-order valence-corrected chi connectivity index (χ4v) is 3.43. The Morgan fingerprint density at radius 3 is 3.00 bits per heavy atom. The molecule has 1 saturated heterocycles. The summed E-state index contributed by atoms with van der Waals surface area (Å²) in [6, 6.07) is 7.23. The number of benzene rings is 1. The number of hydrogen-bond donors (Lipinski definition) is 0. The van der Waals surface area contributed by atoms with E-state index in [4.69, 9.17) is 4.74 Å². The fraction of sp³-hybridized carbons (Fsp3) is 0.333. The molecule has 5 heteroatoms. The molecule has 4 nitrogen and oxygen atoms in total. The molecule has 0 saturated carbocycles. The molecule has 3 rings (SSSR count). The lowest BCUT2D eigenvalue weighted by atomic mass is 10.1. The van der Waals surface area contributed by atoms with Gasteiger partial charge in [-0.1, -0.05) is 0 Å². The number of esters is 1. The van der Waals surface area contributed by atoms with E-state index in [0.29, 0.717) is 18.5 Å². The lowest BCUT2D eigenvalue weighted by Gasteiger charge is -2.22. The van der Waals surface area contributed by atoms with Gasteiger partial charge in [0, 0.05) is 16.8 Å². The Labute approximate surface area is 120 Å². The fourth-order valence-electron chi connectivity index (χ4n) is 2.66. The van der Waals surface area contributed by atoms with Crippen LogP contribution in [0.2, 0.25) is 0 Å². The van der Waals surface area contributed by atoms with Crippen molar-refractivity contribution < 1.29 is 14.3 Å². The molecule has 0 aliphatic carbocycles.